The van der Waals surface area contributed by atoms with Crippen molar-refractivity contribution < 1.29 is 18.0 Å². The van der Waals surface area contributed by atoms with Crippen LogP contribution in [0.5, 0.6) is 0 Å². The molecule has 8 heteroatoms. The Morgan fingerprint density at radius 1 is 1.43 bits per heavy atom. The molecule has 14 heavy (non-hydrogen) atoms. The zero-order valence-corrected chi connectivity index (χ0v) is 8.06. The van der Waals surface area contributed by atoms with Crippen LogP contribution in [-0.2, 0) is 6.18 Å². The number of nitrogens with zero attached hydrogens (tertiary/aromatic N) is 2. The predicted octanol–water partition coefficient (Wildman–Crippen LogP) is 1.36. The summed E-state index contributed by atoms with van der Waals surface area (Å²) in [5.74, 6) is -1.05. The van der Waals surface area contributed by atoms with Crippen molar-refractivity contribution in [3.05, 3.63) is 22.2 Å². The number of hydrogen-bond acceptors (Lipinski definition) is 3. The normalized spacial score (nSPS) is 11.4. The Kier molecular flexibility index (Phi) is 2.74. The van der Waals surface area contributed by atoms with Crippen LogP contribution in [0.25, 0.3) is 0 Å². The van der Waals surface area contributed by atoms with Crippen LogP contribution in [0.3, 0.4) is 0 Å². The van der Waals surface area contributed by atoms with E-state index in [0.717, 1.165) is 0 Å². The molecule has 0 radical (unpaired) electrons. The minimum Gasteiger partial charge on any atom is -0.364 e. The molecular formula is C6H3BrF3N3O. The highest BCUT2D eigenvalue weighted by molar-refractivity contribution is 9.10. The van der Waals surface area contributed by atoms with Gasteiger partial charge < -0.3 is 5.73 Å². The minimum absolute atomic E-state index is 0.493. The lowest BCUT2D eigenvalue weighted by Crippen LogP contribution is -2.18. The summed E-state index contributed by atoms with van der Waals surface area (Å²) < 4.78 is 36.1. The van der Waals surface area contributed by atoms with Crippen molar-refractivity contribution in [3.63, 3.8) is 0 Å². The highest BCUT2D eigenvalue weighted by atomic mass is 79.9. The summed E-state index contributed by atoms with van der Waals surface area (Å²) in [5.41, 5.74) is 3.09. The van der Waals surface area contributed by atoms with E-state index >= 15 is 0 Å². The molecule has 0 saturated heterocycles. The van der Waals surface area contributed by atoms with Gasteiger partial charge >= 0.3 is 6.18 Å². The van der Waals surface area contributed by atoms with Gasteiger partial charge in [-0.25, -0.2) is 9.97 Å². The van der Waals surface area contributed by atoms with E-state index in [4.69, 9.17) is 5.73 Å². The zero-order valence-electron chi connectivity index (χ0n) is 6.47. The molecule has 0 aliphatic rings. The fourth-order valence-corrected chi connectivity index (χ4v) is 1.36. The second-order valence-corrected chi connectivity index (χ2v) is 3.04. The van der Waals surface area contributed by atoms with Gasteiger partial charge in [0.25, 0.3) is 5.91 Å². The van der Waals surface area contributed by atoms with E-state index in [1.54, 1.807) is 0 Å². The first-order valence-corrected chi connectivity index (χ1v) is 4.01. The molecule has 1 aromatic rings. The maximum atomic E-state index is 12.2. The van der Waals surface area contributed by atoms with Crippen molar-refractivity contribution in [2.75, 3.05) is 0 Å². The quantitative estimate of drug-likeness (QED) is 0.837. The maximum Gasteiger partial charge on any atom is 0.434 e. The van der Waals surface area contributed by atoms with E-state index in [2.05, 4.69) is 25.9 Å². The molecule has 0 aliphatic carbocycles. The summed E-state index contributed by atoms with van der Waals surface area (Å²) in [5, 5.41) is 0. The van der Waals surface area contributed by atoms with Crippen LogP contribution in [-0.4, -0.2) is 15.9 Å². The summed E-state index contributed by atoms with van der Waals surface area (Å²) in [4.78, 5) is 17.0. The Balaban J connectivity index is 3.35. The molecule has 0 atom stereocenters. The van der Waals surface area contributed by atoms with E-state index in [1.807, 2.05) is 0 Å². The smallest absolute Gasteiger partial charge is 0.364 e. The van der Waals surface area contributed by atoms with Gasteiger partial charge in [-0.3, -0.25) is 4.79 Å². The van der Waals surface area contributed by atoms with Crippen LogP contribution in [0.4, 0.5) is 13.2 Å². The van der Waals surface area contributed by atoms with Crippen LogP contribution in [0, 0.1) is 0 Å². The lowest BCUT2D eigenvalue weighted by Gasteiger charge is -2.08. The van der Waals surface area contributed by atoms with E-state index in [-0.39, 0.29) is 0 Å². The number of primary amides is 1. The number of nitrogens with two attached hydrogens (primary N) is 1. The van der Waals surface area contributed by atoms with Gasteiger partial charge in [-0.15, -0.1) is 0 Å². The minimum atomic E-state index is -4.65. The number of amides is 1. The Morgan fingerprint density at radius 2 is 2.00 bits per heavy atom. The highest BCUT2D eigenvalue weighted by Gasteiger charge is 2.36. The first kappa shape index (κ1) is 10.9. The number of hydrogen-bond donors (Lipinski definition) is 1. The van der Waals surface area contributed by atoms with Crippen molar-refractivity contribution in [1.82, 2.24) is 9.97 Å². The van der Waals surface area contributed by atoms with Crippen LogP contribution in [0.15, 0.2) is 10.8 Å². The molecule has 0 bridgehead atoms. The number of alkyl halides is 3. The topological polar surface area (TPSA) is 68.9 Å². The Hall–Kier alpha value is -1.18. The summed E-state index contributed by atoms with van der Waals surface area (Å²) in [6.07, 6.45) is -4.01. The standard InChI is InChI=1S/C6H3BrF3N3O/c7-2-3(5(11)14)12-1-13-4(2)6(8,9)10/h1H,(H2,11,14). The SMILES string of the molecule is NC(=O)c1ncnc(C(F)(F)F)c1Br. The van der Waals surface area contributed by atoms with Crippen molar-refractivity contribution in [1.29, 1.82) is 0 Å². The third kappa shape index (κ3) is 2.00. The molecule has 0 fully saturated rings. The second kappa shape index (κ2) is 3.52. The number of halogens is 4. The molecule has 0 aliphatic heterocycles. The first-order valence-electron chi connectivity index (χ1n) is 3.21. The van der Waals surface area contributed by atoms with Crippen molar-refractivity contribution in [3.8, 4) is 0 Å². The van der Waals surface area contributed by atoms with E-state index < -0.39 is 27.9 Å². The average molecular weight is 270 g/mol. The molecule has 2 N–H and O–H groups in total. The molecule has 1 heterocycles. The highest BCUT2D eigenvalue weighted by Crippen LogP contribution is 2.33. The largest absolute Gasteiger partial charge is 0.434 e. The van der Waals surface area contributed by atoms with Gasteiger partial charge in [-0.05, 0) is 15.9 Å². The van der Waals surface area contributed by atoms with E-state index in [1.165, 1.54) is 0 Å². The van der Waals surface area contributed by atoms with Gasteiger partial charge in [-0.1, -0.05) is 0 Å². The molecule has 1 amide bonds. The monoisotopic (exact) mass is 269 g/mol. The molecule has 0 saturated carbocycles. The van der Waals surface area contributed by atoms with Gasteiger partial charge in [0.1, 0.15) is 12.0 Å². The summed E-state index contributed by atoms with van der Waals surface area (Å²) >= 11 is 2.57. The molecule has 1 rings (SSSR count). The van der Waals surface area contributed by atoms with Crippen molar-refractivity contribution >= 4 is 21.8 Å². The fourth-order valence-electron chi connectivity index (χ4n) is 0.739. The third-order valence-corrected chi connectivity index (χ3v) is 2.04. The molecule has 0 unspecified atom stereocenters. The molecule has 0 spiro atoms. The number of aromatic nitrogens is 2. The number of carbonyl (C=O) groups excluding carboxylic acids is 1. The number of carbonyl (C=O) groups is 1. The van der Waals surface area contributed by atoms with Gasteiger partial charge in [0.05, 0.1) is 4.47 Å². The van der Waals surface area contributed by atoms with Gasteiger partial charge in [0, 0.05) is 0 Å². The van der Waals surface area contributed by atoms with Gasteiger partial charge in [-0.2, -0.15) is 13.2 Å². The van der Waals surface area contributed by atoms with Gasteiger partial charge in [0.15, 0.2) is 5.69 Å². The van der Waals surface area contributed by atoms with E-state index in [0.29, 0.717) is 6.33 Å². The number of rotatable bonds is 1. The van der Waals surface area contributed by atoms with Crippen LogP contribution in [0.1, 0.15) is 16.2 Å². The van der Waals surface area contributed by atoms with E-state index in [9.17, 15) is 18.0 Å². The van der Waals surface area contributed by atoms with Crippen molar-refractivity contribution in [2.45, 2.75) is 6.18 Å². The lowest BCUT2D eigenvalue weighted by molar-refractivity contribution is -0.141. The Morgan fingerprint density at radius 3 is 2.43 bits per heavy atom. The Bertz CT molecular complexity index is 379. The first-order chi connectivity index (χ1) is 6.34. The van der Waals surface area contributed by atoms with Crippen LogP contribution >= 0.6 is 15.9 Å². The summed E-state index contributed by atoms with van der Waals surface area (Å²) in [7, 11) is 0. The molecule has 0 aromatic carbocycles. The van der Waals surface area contributed by atoms with Crippen LogP contribution < -0.4 is 5.73 Å². The fraction of sp³-hybridized carbons (Fsp3) is 0.167. The average Bonchev–Trinajstić information content (AvgIpc) is 2.01. The Labute approximate surface area is 84.5 Å². The molecular weight excluding hydrogens is 267 g/mol. The van der Waals surface area contributed by atoms with Crippen molar-refractivity contribution in [2.24, 2.45) is 5.73 Å². The predicted molar refractivity (Wildman–Crippen MR) is 43.3 cm³/mol. The summed E-state index contributed by atoms with van der Waals surface area (Å²) in [6.45, 7) is 0. The lowest BCUT2D eigenvalue weighted by atomic mass is 10.3. The third-order valence-electron chi connectivity index (χ3n) is 1.29. The summed E-state index contributed by atoms with van der Waals surface area (Å²) in [6, 6.07) is 0. The molecule has 4 nitrogen and oxygen atoms in total. The van der Waals surface area contributed by atoms with Gasteiger partial charge in [0.2, 0.25) is 0 Å². The second-order valence-electron chi connectivity index (χ2n) is 2.25. The molecule has 1 aromatic heterocycles. The zero-order chi connectivity index (χ0) is 10.9. The van der Waals surface area contributed by atoms with Crippen LogP contribution in [0.2, 0.25) is 0 Å². The molecule has 76 valence electrons. The maximum absolute atomic E-state index is 12.2.